The number of hydrogen-bond donors (Lipinski definition) is 3. The van der Waals surface area contributed by atoms with Crippen LogP contribution in [0, 0.1) is 0 Å². The van der Waals surface area contributed by atoms with Gasteiger partial charge in [0.1, 0.15) is 23.9 Å². The Morgan fingerprint density at radius 3 is 2.18 bits per heavy atom. The van der Waals surface area contributed by atoms with E-state index in [0.29, 0.717) is 37.4 Å². The summed E-state index contributed by atoms with van der Waals surface area (Å²) >= 11 is 0. The van der Waals surface area contributed by atoms with E-state index in [1.54, 1.807) is 16.0 Å². The van der Waals surface area contributed by atoms with Gasteiger partial charge in [0.25, 0.3) is 5.91 Å². The number of benzene rings is 3. The van der Waals surface area contributed by atoms with E-state index in [0.717, 1.165) is 41.6 Å². The Labute approximate surface area is 298 Å². The molecule has 2 aliphatic rings. The summed E-state index contributed by atoms with van der Waals surface area (Å²) in [7, 11) is 5.04. The molecular weight excluding hydrogens is 646 g/mol. The molecule has 12 heteroatoms. The number of carbonyl (C=O) groups is 4. The third-order valence-corrected chi connectivity index (χ3v) is 9.71. The molecule has 266 valence electrons. The van der Waals surface area contributed by atoms with E-state index in [-0.39, 0.29) is 23.8 Å². The summed E-state index contributed by atoms with van der Waals surface area (Å²) in [5.74, 6) is 0.237. The quantitative estimate of drug-likeness (QED) is 0.206. The predicted molar refractivity (Wildman–Crippen MR) is 192 cm³/mol. The van der Waals surface area contributed by atoms with Gasteiger partial charge < -0.3 is 30.2 Å². The minimum atomic E-state index is -0.886. The van der Waals surface area contributed by atoms with E-state index in [4.69, 9.17) is 4.74 Å². The highest BCUT2D eigenvalue weighted by Crippen LogP contribution is 2.34. The van der Waals surface area contributed by atoms with Crippen LogP contribution in [-0.2, 0) is 25.7 Å². The number of aromatic nitrogens is 2. The zero-order valence-corrected chi connectivity index (χ0v) is 29.2. The highest BCUT2D eigenvalue weighted by Gasteiger charge is 2.39. The predicted octanol–water partition coefficient (Wildman–Crippen LogP) is 4.75. The molecule has 4 amide bonds. The molecule has 0 saturated carbocycles. The standard InChI is InChI=1S/C39H45N7O5/c1-44(2)34(29-14-8-5-9-15-29)38(49)46-23-11-17-32(46)36(47)41-24-26-18-20-27(21-19-26)30-25-40-35(42-30)31-16-10-22-45(31)37(48)33(43-39(50)51-3)28-12-6-4-7-13-28/h4-9,12-15,18-21,25,31-34H,10-11,16-17,22-24H2,1-3H3,(H,40,42)(H,41,47)(H,43,50)/t31-,32-,33+,34+/m0/s1. The maximum Gasteiger partial charge on any atom is 0.407 e. The largest absolute Gasteiger partial charge is 0.453 e. The molecule has 2 fully saturated rings. The zero-order valence-electron chi connectivity index (χ0n) is 29.2. The number of amides is 4. The molecule has 2 aliphatic heterocycles. The third kappa shape index (κ3) is 7.96. The summed E-state index contributed by atoms with van der Waals surface area (Å²) in [6, 6.07) is 24.5. The Hall–Kier alpha value is -5.49. The smallest absolute Gasteiger partial charge is 0.407 e. The van der Waals surface area contributed by atoms with Crippen LogP contribution >= 0.6 is 0 Å². The Morgan fingerprint density at radius 1 is 0.863 bits per heavy atom. The molecule has 0 radical (unpaired) electrons. The van der Waals surface area contributed by atoms with Crippen molar-refractivity contribution in [3.8, 4) is 11.3 Å². The maximum absolute atomic E-state index is 13.8. The molecule has 3 heterocycles. The second-order valence-corrected chi connectivity index (χ2v) is 13.2. The van der Waals surface area contributed by atoms with Crippen molar-refractivity contribution < 1.29 is 23.9 Å². The van der Waals surface area contributed by atoms with Gasteiger partial charge in [0.15, 0.2) is 0 Å². The molecule has 4 aromatic rings. The minimum Gasteiger partial charge on any atom is -0.453 e. The van der Waals surface area contributed by atoms with Gasteiger partial charge in [-0.05, 0) is 62.0 Å². The van der Waals surface area contributed by atoms with E-state index in [2.05, 4.69) is 20.6 Å². The number of likely N-dealkylation sites (N-methyl/N-ethyl adjacent to an activating group) is 1. The van der Waals surface area contributed by atoms with Crippen LogP contribution < -0.4 is 10.6 Å². The van der Waals surface area contributed by atoms with Crippen molar-refractivity contribution in [1.82, 2.24) is 35.3 Å². The number of H-pyrrole nitrogens is 1. The van der Waals surface area contributed by atoms with Gasteiger partial charge in [-0.15, -0.1) is 0 Å². The summed E-state index contributed by atoms with van der Waals surface area (Å²) in [6.45, 7) is 1.44. The fourth-order valence-electron chi connectivity index (χ4n) is 7.11. The van der Waals surface area contributed by atoms with Crippen LogP contribution in [0.3, 0.4) is 0 Å². The van der Waals surface area contributed by atoms with Gasteiger partial charge in [-0.2, -0.15) is 0 Å². The maximum atomic E-state index is 13.8. The van der Waals surface area contributed by atoms with E-state index >= 15 is 0 Å². The Morgan fingerprint density at radius 2 is 1.51 bits per heavy atom. The molecule has 6 rings (SSSR count). The van der Waals surface area contributed by atoms with Crippen molar-refractivity contribution in [1.29, 1.82) is 0 Å². The Bertz CT molecular complexity index is 1810. The van der Waals surface area contributed by atoms with Crippen molar-refractivity contribution >= 4 is 23.8 Å². The fourth-order valence-corrected chi connectivity index (χ4v) is 7.11. The number of carbonyl (C=O) groups excluding carboxylic acids is 4. The second kappa shape index (κ2) is 16.0. The number of alkyl carbamates (subject to hydrolysis) is 1. The molecule has 1 aromatic heterocycles. The molecule has 0 bridgehead atoms. The van der Waals surface area contributed by atoms with Crippen molar-refractivity contribution in [2.45, 2.75) is 56.4 Å². The highest BCUT2D eigenvalue weighted by molar-refractivity contribution is 5.91. The van der Waals surface area contributed by atoms with Crippen LogP contribution in [-0.4, -0.2) is 88.8 Å². The summed E-state index contributed by atoms with van der Waals surface area (Å²) < 4.78 is 4.80. The lowest BCUT2D eigenvalue weighted by Crippen LogP contribution is -2.49. The first-order chi connectivity index (χ1) is 24.7. The van der Waals surface area contributed by atoms with Crippen LogP contribution in [0.1, 0.15) is 66.3 Å². The molecule has 3 aromatic carbocycles. The number of ether oxygens (including phenoxy) is 1. The molecule has 0 unspecified atom stereocenters. The number of methoxy groups -OCH3 is 1. The van der Waals surface area contributed by atoms with E-state index in [1.807, 2.05) is 104 Å². The SMILES string of the molecule is COC(=O)N[C@@H](C(=O)N1CCC[C@H]1c1ncc(-c2ccc(CNC(=O)[C@@H]3CCCN3C(=O)[C@@H](c3ccccc3)N(C)C)cc2)[nH]1)c1ccccc1. The van der Waals surface area contributed by atoms with E-state index in [1.165, 1.54) is 7.11 Å². The molecule has 51 heavy (non-hydrogen) atoms. The van der Waals surface area contributed by atoms with Crippen LogP contribution in [0.25, 0.3) is 11.3 Å². The van der Waals surface area contributed by atoms with Crippen LogP contribution in [0.2, 0.25) is 0 Å². The van der Waals surface area contributed by atoms with Crippen LogP contribution in [0.5, 0.6) is 0 Å². The number of hydrogen-bond acceptors (Lipinski definition) is 7. The van der Waals surface area contributed by atoms with Gasteiger partial charge in [0.2, 0.25) is 11.8 Å². The molecule has 12 nitrogen and oxygen atoms in total. The number of rotatable bonds is 11. The lowest BCUT2D eigenvalue weighted by atomic mass is 10.0. The van der Waals surface area contributed by atoms with Crippen LogP contribution in [0.15, 0.2) is 91.1 Å². The van der Waals surface area contributed by atoms with Gasteiger partial charge in [0, 0.05) is 19.6 Å². The zero-order chi connectivity index (χ0) is 35.9. The summed E-state index contributed by atoms with van der Waals surface area (Å²) in [4.78, 5) is 66.5. The van der Waals surface area contributed by atoms with Crippen molar-refractivity contribution in [3.63, 3.8) is 0 Å². The first-order valence-electron chi connectivity index (χ1n) is 17.4. The number of nitrogens with one attached hydrogen (secondary N) is 3. The van der Waals surface area contributed by atoms with Crippen molar-refractivity contribution in [2.75, 3.05) is 34.3 Å². The van der Waals surface area contributed by atoms with Gasteiger partial charge in [0.05, 0.1) is 25.0 Å². The van der Waals surface area contributed by atoms with Gasteiger partial charge >= 0.3 is 6.09 Å². The summed E-state index contributed by atoms with van der Waals surface area (Å²) in [5.41, 5.74) is 4.22. The van der Waals surface area contributed by atoms with Crippen molar-refractivity contribution in [2.24, 2.45) is 0 Å². The molecule has 0 spiro atoms. The molecule has 0 aliphatic carbocycles. The topological polar surface area (TPSA) is 140 Å². The first kappa shape index (κ1) is 35.3. The number of likely N-dealkylation sites (tertiary alicyclic amines) is 2. The minimum absolute atomic E-state index is 0.0638. The number of nitrogens with zero attached hydrogens (tertiary/aromatic N) is 4. The first-order valence-corrected chi connectivity index (χ1v) is 17.4. The average Bonchev–Trinajstić information content (AvgIpc) is 3.95. The monoisotopic (exact) mass is 691 g/mol. The molecule has 3 N–H and O–H groups in total. The van der Waals surface area contributed by atoms with E-state index < -0.39 is 24.2 Å². The second-order valence-electron chi connectivity index (χ2n) is 13.2. The molecule has 2 saturated heterocycles. The fraction of sp³-hybridized carbons (Fsp3) is 0.359. The Kier molecular flexibility index (Phi) is 11.1. The summed E-state index contributed by atoms with van der Waals surface area (Å²) in [6.07, 6.45) is 4.04. The normalized spacial score (nSPS) is 18.4. The van der Waals surface area contributed by atoms with E-state index in [9.17, 15) is 19.2 Å². The van der Waals surface area contributed by atoms with Gasteiger partial charge in [-0.3, -0.25) is 19.3 Å². The summed E-state index contributed by atoms with van der Waals surface area (Å²) in [5, 5.41) is 5.74. The van der Waals surface area contributed by atoms with Gasteiger partial charge in [-0.25, -0.2) is 9.78 Å². The average molecular weight is 692 g/mol. The lowest BCUT2D eigenvalue weighted by molar-refractivity contribution is -0.142. The van der Waals surface area contributed by atoms with Crippen molar-refractivity contribution in [3.05, 3.63) is 114 Å². The molecular formula is C39H45N7O5. The number of aromatic amines is 1. The van der Waals surface area contributed by atoms with Crippen LogP contribution in [0.4, 0.5) is 4.79 Å². The third-order valence-electron chi connectivity index (χ3n) is 9.71. The molecule has 4 atom stereocenters. The highest BCUT2D eigenvalue weighted by atomic mass is 16.5. The number of imidazole rings is 1. The lowest BCUT2D eigenvalue weighted by Gasteiger charge is -2.31. The van der Waals surface area contributed by atoms with Gasteiger partial charge in [-0.1, -0.05) is 84.9 Å². The Balaban J connectivity index is 1.08.